The van der Waals surface area contributed by atoms with Crippen molar-refractivity contribution in [3.8, 4) is 0 Å². The Balaban J connectivity index is 1.56. The molecule has 2 aliphatic carbocycles. The molecule has 5 heteroatoms. The summed E-state index contributed by atoms with van der Waals surface area (Å²) >= 11 is 0. The molecule has 0 spiro atoms. The topological polar surface area (TPSA) is 66.5 Å². The normalized spacial score (nSPS) is 30.1. The smallest absolute Gasteiger partial charge is 0.240 e. The number of carbonyl (C=O) groups excluding carboxylic acids is 3. The number of hydrogen-bond acceptors (Lipinski definition) is 3. The fraction of sp³-hybridized carbons (Fsp3) is 0.824. The monoisotopic (exact) mass is 306 g/mol. The molecule has 1 heterocycles. The van der Waals surface area contributed by atoms with Crippen molar-refractivity contribution in [3.05, 3.63) is 0 Å². The molecule has 5 nitrogen and oxygen atoms in total. The Morgan fingerprint density at radius 1 is 0.864 bits per heavy atom. The van der Waals surface area contributed by atoms with E-state index >= 15 is 0 Å². The van der Waals surface area contributed by atoms with Crippen molar-refractivity contribution in [1.29, 1.82) is 0 Å². The zero-order chi connectivity index (χ0) is 15.5. The molecule has 22 heavy (non-hydrogen) atoms. The van der Waals surface area contributed by atoms with Gasteiger partial charge in [-0.1, -0.05) is 38.5 Å². The summed E-state index contributed by atoms with van der Waals surface area (Å²) in [7, 11) is 0. The van der Waals surface area contributed by atoms with Crippen molar-refractivity contribution < 1.29 is 14.4 Å². The fourth-order valence-electron chi connectivity index (χ4n) is 4.23. The Morgan fingerprint density at radius 3 is 1.91 bits per heavy atom. The zero-order valence-corrected chi connectivity index (χ0v) is 13.2. The van der Waals surface area contributed by atoms with E-state index in [2.05, 4.69) is 5.32 Å². The highest BCUT2D eigenvalue weighted by Gasteiger charge is 2.48. The molecule has 0 aromatic rings. The summed E-state index contributed by atoms with van der Waals surface area (Å²) in [4.78, 5) is 38.1. The molecule has 122 valence electrons. The Bertz CT molecular complexity index is 431. The van der Waals surface area contributed by atoms with Gasteiger partial charge in [0.25, 0.3) is 0 Å². The van der Waals surface area contributed by atoms with Crippen LogP contribution in [0.2, 0.25) is 0 Å². The molecular weight excluding hydrogens is 280 g/mol. The second-order valence-corrected chi connectivity index (χ2v) is 7.02. The van der Waals surface area contributed by atoms with Gasteiger partial charge in [-0.05, 0) is 25.7 Å². The molecule has 3 amide bonds. The highest BCUT2D eigenvalue weighted by atomic mass is 16.2. The van der Waals surface area contributed by atoms with Crippen LogP contribution in [0.5, 0.6) is 0 Å². The highest BCUT2D eigenvalue weighted by molar-refractivity contribution is 6.07. The predicted molar refractivity (Wildman–Crippen MR) is 81.8 cm³/mol. The van der Waals surface area contributed by atoms with E-state index in [1.165, 1.54) is 17.7 Å². The number of nitrogens with one attached hydrogen (secondary N) is 1. The van der Waals surface area contributed by atoms with E-state index in [9.17, 15) is 14.4 Å². The van der Waals surface area contributed by atoms with Gasteiger partial charge in [0.2, 0.25) is 17.7 Å². The molecule has 3 rings (SSSR count). The number of imide groups is 1. The van der Waals surface area contributed by atoms with Crippen LogP contribution in [0.25, 0.3) is 0 Å². The van der Waals surface area contributed by atoms with Gasteiger partial charge in [0.1, 0.15) is 6.54 Å². The van der Waals surface area contributed by atoms with Crippen molar-refractivity contribution in [2.24, 2.45) is 11.8 Å². The number of nitrogens with zero attached hydrogens (tertiary/aromatic N) is 1. The minimum atomic E-state index is -0.174. The van der Waals surface area contributed by atoms with Crippen LogP contribution >= 0.6 is 0 Å². The summed E-state index contributed by atoms with van der Waals surface area (Å²) in [6.07, 6.45) is 10.4. The average molecular weight is 306 g/mol. The lowest BCUT2D eigenvalue weighted by Crippen LogP contribution is -2.44. The third-order valence-electron chi connectivity index (χ3n) is 5.45. The molecule has 2 unspecified atom stereocenters. The van der Waals surface area contributed by atoms with Gasteiger partial charge in [0.15, 0.2) is 0 Å². The van der Waals surface area contributed by atoms with Gasteiger partial charge in [-0.25, -0.2) is 0 Å². The molecular formula is C17H26N2O3. The molecule has 2 saturated carbocycles. The van der Waals surface area contributed by atoms with Gasteiger partial charge in [-0.2, -0.15) is 0 Å². The molecule has 0 aromatic carbocycles. The minimum Gasteiger partial charge on any atom is -0.352 e. The number of likely N-dealkylation sites (tertiary alicyclic amines) is 1. The van der Waals surface area contributed by atoms with Gasteiger partial charge in [-0.3, -0.25) is 19.3 Å². The maximum Gasteiger partial charge on any atom is 0.240 e. The molecule has 3 fully saturated rings. The van der Waals surface area contributed by atoms with Crippen LogP contribution in [0.1, 0.15) is 64.2 Å². The maximum atomic E-state index is 12.4. The van der Waals surface area contributed by atoms with Crippen LogP contribution in [-0.4, -0.2) is 35.2 Å². The van der Waals surface area contributed by atoms with Crippen molar-refractivity contribution >= 4 is 17.7 Å². The Morgan fingerprint density at radius 2 is 1.36 bits per heavy atom. The number of hydrogen-bond donors (Lipinski definition) is 1. The molecule has 3 aliphatic rings. The van der Waals surface area contributed by atoms with Crippen molar-refractivity contribution in [3.63, 3.8) is 0 Å². The van der Waals surface area contributed by atoms with E-state index in [0.29, 0.717) is 0 Å². The summed E-state index contributed by atoms with van der Waals surface area (Å²) < 4.78 is 0. The lowest BCUT2D eigenvalue weighted by Gasteiger charge is -2.19. The summed E-state index contributed by atoms with van der Waals surface area (Å²) in [6, 6.07) is 0.213. The van der Waals surface area contributed by atoms with E-state index in [4.69, 9.17) is 0 Å². The van der Waals surface area contributed by atoms with Crippen LogP contribution in [0.4, 0.5) is 0 Å². The predicted octanol–water partition coefficient (Wildman–Crippen LogP) is 2.00. The molecule has 1 saturated heterocycles. The van der Waals surface area contributed by atoms with Crippen molar-refractivity contribution in [2.45, 2.75) is 70.3 Å². The van der Waals surface area contributed by atoms with Gasteiger partial charge in [0.05, 0.1) is 11.8 Å². The third-order valence-corrected chi connectivity index (χ3v) is 5.45. The number of carbonyl (C=O) groups is 3. The van der Waals surface area contributed by atoms with Crippen LogP contribution in [0, 0.1) is 11.8 Å². The molecule has 1 aliphatic heterocycles. The second kappa shape index (κ2) is 6.80. The van der Waals surface area contributed by atoms with Crippen LogP contribution in [0.15, 0.2) is 0 Å². The first kappa shape index (κ1) is 15.5. The van der Waals surface area contributed by atoms with Gasteiger partial charge < -0.3 is 5.32 Å². The Hall–Kier alpha value is -1.39. The molecule has 1 N–H and O–H groups in total. The van der Waals surface area contributed by atoms with E-state index in [1.54, 1.807) is 0 Å². The molecule has 0 radical (unpaired) electrons. The minimum absolute atomic E-state index is 0.0822. The lowest BCUT2D eigenvalue weighted by atomic mass is 9.81. The number of rotatable bonds is 3. The van der Waals surface area contributed by atoms with Gasteiger partial charge in [0, 0.05) is 6.04 Å². The zero-order valence-electron chi connectivity index (χ0n) is 13.2. The van der Waals surface area contributed by atoms with Crippen molar-refractivity contribution in [1.82, 2.24) is 10.2 Å². The van der Waals surface area contributed by atoms with E-state index in [0.717, 1.165) is 51.4 Å². The van der Waals surface area contributed by atoms with Gasteiger partial charge in [-0.15, -0.1) is 0 Å². The average Bonchev–Trinajstić information content (AvgIpc) is 2.72. The summed E-state index contributed by atoms with van der Waals surface area (Å²) in [6.45, 7) is -0.0822. The Labute approximate surface area is 131 Å². The molecule has 0 bridgehead atoms. The summed E-state index contributed by atoms with van der Waals surface area (Å²) in [5.41, 5.74) is 0. The SMILES string of the molecule is O=C(CN1C(=O)C2CCCCC2C1=O)NC1CCCCCC1. The van der Waals surface area contributed by atoms with E-state index in [1.807, 2.05) is 0 Å². The lowest BCUT2D eigenvalue weighted by molar-refractivity contribution is -0.143. The molecule has 0 aromatic heterocycles. The van der Waals surface area contributed by atoms with E-state index < -0.39 is 0 Å². The quantitative estimate of drug-likeness (QED) is 0.640. The first-order valence-corrected chi connectivity index (χ1v) is 8.81. The Kier molecular flexibility index (Phi) is 4.79. The largest absolute Gasteiger partial charge is 0.352 e. The fourth-order valence-corrected chi connectivity index (χ4v) is 4.23. The highest BCUT2D eigenvalue weighted by Crippen LogP contribution is 2.37. The second-order valence-electron chi connectivity index (χ2n) is 7.02. The summed E-state index contributed by atoms with van der Waals surface area (Å²) in [5, 5.41) is 3.02. The van der Waals surface area contributed by atoms with Crippen molar-refractivity contribution in [2.75, 3.05) is 6.54 Å². The number of fused-ring (bicyclic) bond motifs is 1. The maximum absolute atomic E-state index is 12.4. The van der Waals surface area contributed by atoms with Crippen LogP contribution in [-0.2, 0) is 14.4 Å². The number of amides is 3. The van der Waals surface area contributed by atoms with Gasteiger partial charge >= 0.3 is 0 Å². The summed E-state index contributed by atoms with van der Waals surface area (Å²) in [5.74, 6) is -0.734. The molecule has 2 atom stereocenters. The van der Waals surface area contributed by atoms with Crippen LogP contribution in [0.3, 0.4) is 0 Å². The standard InChI is InChI=1S/C17H26N2O3/c20-15(18-12-7-3-1-2-4-8-12)11-19-16(21)13-9-5-6-10-14(13)17(19)22/h12-14H,1-11H2,(H,18,20). The first-order valence-electron chi connectivity index (χ1n) is 8.81. The first-order chi connectivity index (χ1) is 10.7. The third kappa shape index (κ3) is 3.18. The van der Waals surface area contributed by atoms with Crippen LogP contribution < -0.4 is 5.32 Å². The van der Waals surface area contributed by atoms with E-state index in [-0.39, 0.29) is 42.1 Å².